The molecular weight excluding hydrogens is 252 g/mol. The topological polar surface area (TPSA) is 72.9 Å². The molecule has 1 heterocycles. The Morgan fingerprint density at radius 3 is 2.90 bits per heavy atom. The van der Waals surface area contributed by atoms with Crippen LogP contribution < -0.4 is 11.1 Å². The summed E-state index contributed by atoms with van der Waals surface area (Å²) in [6, 6.07) is 5.40. The number of nitrogen functional groups attached to an aromatic ring is 1. The van der Waals surface area contributed by atoms with Crippen LogP contribution in [0.3, 0.4) is 0 Å². The van der Waals surface area contributed by atoms with Gasteiger partial charge in [-0.25, -0.2) is 4.98 Å². The van der Waals surface area contributed by atoms with Gasteiger partial charge in [0.1, 0.15) is 0 Å². The first-order chi connectivity index (χ1) is 9.65. The maximum Gasteiger partial charge on any atom is 0.251 e. The minimum atomic E-state index is -0.0666. The van der Waals surface area contributed by atoms with Crippen LogP contribution in [0.15, 0.2) is 36.9 Å². The number of carbonyl (C=O) groups excluding carboxylic acids is 1. The third-order valence-corrected chi connectivity index (χ3v) is 3.05. The molecule has 0 radical (unpaired) electrons. The van der Waals surface area contributed by atoms with E-state index in [0.29, 0.717) is 17.8 Å². The van der Waals surface area contributed by atoms with Gasteiger partial charge in [0, 0.05) is 36.7 Å². The molecule has 20 heavy (non-hydrogen) atoms. The molecular formula is C15H20N4O. The van der Waals surface area contributed by atoms with Crippen molar-refractivity contribution in [1.29, 1.82) is 0 Å². The molecule has 0 aliphatic rings. The van der Waals surface area contributed by atoms with Crippen molar-refractivity contribution >= 4 is 11.6 Å². The van der Waals surface area contributed by atoms with Crippen LogP contribution in [-0.2, 0) is 6.54 Å². The zero-order valence-electron chi connectivity index (χ0n) is 11.7. The maximum absolute atomic E-state index is 12.0. The Kier molecular flexibility index (Phi) is 4.76. The number of imidazole rings is 1. The summed E-state index contributed by atoms with van der Waals surface area (Å²) in [6.07, 6.45) is 7.45. The van der Waals surface area contributed by atoms with E-state index in [1.807, 2.05) is 29.8 Å². The number of aryl methyl sites for hydroxylation is 2. The van der Waals surface area contributed by atoms with Gasteiger partial charge >= 0.3 is 0 Å². The van der Waals surface area contributed by atoms with E-state index in [1.165, 1.54) is 0 Å². The summed E-state index contributed by atoms with van der Waals surface area (Å²) in [4.78, 5) is 15.9. The molecule has 0 unspecified atom stereocenters. The number of amides is 1. The number of nitrogens with two attached hydrogens (primary N) is 1. The highest BCUT2D eigenvalue weighted by atomic mass is 16.1. The minimum absolute atomic E-state index is 0.0666. The third kappa shape index (κ3) is 4.12. The predicted octanol–water partition coefficient (Wildman–Crippen LogP) is 1.98. The van der Waals surface area contributed by atoms with Crippen LogP contribution in [0, 0.1) is 6.92 Å². The van der Waals surface area contributed by atoms with E-state index in [4.69, 9.17) is 5.73 Å². The third-order valence-electron chi connectivity index (χ3n) is 3.05. The first-order valence-electron chi connectivity index (χ1n) is 6.76. The molecule has 106 valence electrons. The SMILES string of the molecule is Cc1cc(N)cc(C(=O)NCCCCn2ccnc2)c1. The van der Waals surface area contributed by atoms with E-state index in [0.717, 1.165) is 24.9 Å². The number of benzene rings is 1. The van der Waals surface area contributed by atoms with Gasteiger partial charge in [-0.15, -0.1) is 0 Å². The van der Waals surface area contributed by atoms with Crippen LogP contribution in [0.5, 0.6) is 0 Å². The highest BCUT2D eigenvalue weighted by molar-refractivity contribution is 5.95. The van der Waals surface area contributed by atoms with Crippen molar-refractivity contribution in [3.8, 4) is 0 Å². The number of anilines is 1. The largest absolute Gasteiger partial charge is 0.399 e. The summed E-state index contributed by atoms with van der Waals surface area (Å²) in [5.74, 6) is -0.0666. The van der Waals surface area contributed by atoms with Gasteiger partial charge in [-0.2, -0.15) is 0 Å². The van der Waals surface area contributed by atoms with Crippen molar-refractivity contribution in [1.82, 2.24) is 14.9 Å². The van der Waals surface area contributed by atoms with Crippen molar-refractivity contribution in [3.05, 3.63) is 48.0 Å². The maximum atomic E-state index is 12.0. The minimum Gasteiger partial charge on any atom is -0.399 e. The summed E-state index contributed by atoms with van der Waals surface area (Å²) in [5, 5.41) is 2.91. The number of nitrogens with one attached hydrogen (secondary N) is 1. The second-order valence-corrected chi connectivity index (χ2v) is 4.90. The first-order valence-corrected chi connectivity index (χ1v) is 6.76. The Bertz CT molecular complexity index is 543. The molecule has 5 heteroatoms. The molecule has 0 aliphatic heterocycles. The van der Waals surface area contributed by atoms with Crippen LogP contribution >= 0.6 is 0 Å². The number of aromatic nitrogens is 2. The smallest absolute Gasteiger partial charge is 0.251 e. The molecule has 5 nitrogen and oxygen atoms in total. The van der Waals surface area contributed by atoms with Gasteiger partial charge in [-0.3, -0.25) is 4.79 Å². The van der Waals surface area contributed by atoms with Gasteiger partial charge in [0.25, 0.3) is 5.91 Å². The van der Waals surface area contributed by atoms with E-state index in [9.17, 15) is 4.79 Å². The lowest BCUT2D eigenvalue weighted by molar-refractivity contribution is 0.0953. The lowest BCUT2D eigenvalue weighted by atomic mass is 10.1. The Labute approximate surface area is 118 Å². The zero-order chi connectivity index (χ0) is 14.4. The number of hydrogen-bond donors (Lipinski definition) is 2. The highest BCUT2D eigenvalue weighted by Gasteiger charge is 2.05. The number of carbonyl (C=O) groups is 1. The molecule has 0 bridgehead atoms. The molecule has 2 rings (SSSR count). The molecule has 1 amide bonds. The van der Waals surface area contributed by atoms with Gasteiger partial charge in [-0.05, 0) is 43.5 Å². The van der Waals surface area contributed by atoms with E-state index < -0.39 is 0 Å². The average molecular weight is 272 g/mol. The summed E-state index contributed by atoms with van der Waals surface area (Å²) >= 11 is 0. The summed E-state index contributed by atoms with van der Waals surface area (Å²) < 4.78 is 2.03. The van der Waals surface area contributed by atoms with Crippen LogP contribution in [0.1, 0.15) is 28.8 Å². The van der Waals surface area contributed by atoms with Crippen molar-refractivity contribution in [2.45, 2.75) is 26.3 Å². The Morgan fingerprint density at radius 2 is 2.20 bits per heavy atom. The number of hydrogen-bond acceptors (Lipinski definition) is 3. The fourth-order valence-electron chi connectivity index (χ4n) is 2.09. The molecule has 0 fully saturated rings. The molecule has 0 atom stereocenters. The molecule has 1 aromatic heterocycles. The second kappa shape index (κ2) is 6.75. The van der Waals surface area contributed by atoms with Crippen molar-refractivity contribution in [2.75, 3.05) is 12.3 Å². The normalized spacial score (nSPS) is 10.4. The summed E-state index contributed by atoms with van der Waals surface area (Å²) in [6.45, 7) is 3.52. The number of unbranched alkanes of at least 4 members (excludes halogenated alkanes) is 1. The number of nitrogens with zero attached hydrogens (tertiary/aromatic N) is 2. The zero-order valence-corrected chi connectivity index (χ0v) is 11.7. The average Bonchev–Trinajstić information content (AvgIpc) is 2.90. The summed E-state index contributed by atoms with van der Waals surface area (Å²) in [7, 11) is 0. The molecule has 0 saturated heterocycles. The molecule has 2 aromatic rings. The fraction of sp³-hybridized carbons (Fsp3) is 0.333. The lowest BCUT2D eigenvalue weighted by Crippen LogP contribution is -2.24. The van der Waals surface area contributed by atoms with Crippen molar-refractivity contribution < 1.29 is 4.79 Å². The lowest BCUT2D eigenvalue weighted by Gasteiger charge is -2.07. The molecule has 0 aliphatic carbocycles. The van der Waals surface area contributed by atoms with Gasteiger partial charge in [-0.1, -0.05) is 0 Å². The molecule has 1 aromatic carbocycles. The number of rotatable bonds is 6. The van der Waals surface area contributed by atoms with Crippen LogP contribution in [0.2, 0.25) is 0 Å². The van der Waals surface area contributed by atoms with E-state index in [-0.39, 0.29) is 5.91 Å². The second-order valence-electron chi connectivity index (χ2n) is 4.90. The predicted molar refractivity (Wildman–Crippen MR) is 79.4 cm³/mol. The first kappa shape index (κ1) is 14.1. The van der Waals surface area contributed by atoms with Crippen LogP contribution in [0.25, 0.3) is 0 Å². The van der Waals surface area contributed by atoms with Crippen LogP contribution in [0.4, 0.5) is 5.69 Å². The Hall–Kier alpha value is -2.30. The highest BCUT2D eigenvalue weighted by Crippen LogP contribution is 2.11. The van der Waals surface area contributed by atoms with E-state index in [1.54, 1.807) is 18.6 Å². The molecule has 3 N–H and O–H groups in total. The van der Waals surface area contributed by atoms with Gasteiger partial charge in [0.2, 0.25) is 0 Å². The monoisotopic (exact) mass is 272 g/mol. The van der Waals surface area contributed by atoms with Crippen molar-refractivity contribution in [2.24, 2.45) is 0 Å². The standard InChI is InChI=1S/C15H20N4O/c1-12-8-13(10-14(16)9-12)15(20)18-4-2-3-6-19-7-5-17-11-19/h5,7-11H,2-4,6,16H2,1H3,(H,18,20). The van der Waals surface area contributed by atoms with Gasteiger partial charge in [0.05, 0.1) is 6.33 Å². The Morgan fingerprint density at radius 1 is 1.35 bits per heavy atom. The van der Waals surface area contributed by atoms with Crippen molar-refractivity contribution in [3.63, 3.8) is 0 Å². The van der Waals surface area contributed by atoms with Gasteiger partial charge in [0.15, 0.2) is 0 Å². The van der Waals surface area contributed by atoms with E-state index in [2.05, 4.69) is 10.3 Å². The fourth-order valence-corrected chi connectivity index (χ4v) is 2.09. The quantitative estimate of drug-likeness (QED) is 0.624. The van der Waals surface area contributed by atoms with Gasteiger partial charge < -0.3 is 15.6 Å². The summed E-state index contributed by atoms with van der Waals surface area (Å²) in [5.41, 5.74) is 7.98. The Balaban J connectivity index is 1.72. The molecule has 0 spiro atoms. The van der Waals surface area contributed by atoms with Crippen LogP contribution in [-0.4, -0.2) is 22.0 Å². The molecule has 0 saturated carbocycles. The van der Waals surface area contributed by atoms with E-state index >= 15 is 0 Å².